The largest absolute Gasteiger partial charge is 0.462 e. The van der Waals surface area contributed by atoms with Crippen LogP contribution in [0.4, 0.5) is 16.2 Å². The smallest absolute Gasteiger partial charge is 0.459 e. The Labute approximate surface area is 236 Å². The molecule has 2 unspecified atom stereocenters. The van der Waals surface area contributed by atoms with E-state index < -0.39 is 56.6 Å². The van der Waals surface area contributed by atoms with Crippen LogP contribution in [0.5, 0.6) is 5.75 Å². The molecule has 4 rings (SSSR count). The summed E-state index contributed by atoms with van der Waals surface area (Å²) in [6.07, 6.45) is -3.42. The van der Waals surface area contributed by atoms with Gasteiger partial charge in [-0.1, -0.05) is 18.2 Å². The van der Waals surface area contributed by atoms with Crippen molar-refractivity contribution in [3.05, 3.63) is 36.7 Å². The van der Waals surface area contributed by atoms with Crippen molar-refractivity contribution in [2.24, 2.45) is 0 Å². The lowest BCUT2D eigenvalue weighted by Crippen LogP contribution is -2.41. The molecular formula is C25H35FN7O7P. The first-order valence-corrected chi connectivity index (χ1v) is 14.5. The normalized spacial score (nSPS) is 24.7. The number of aromatic nitrogens is 4. The van der Waals surface area contributed by atoms with E-state index in [0.29, 0.717) is 11.3 Å². The Morgan fingerprint density at radius 2 is 1.93 bits per heavy atom. The van der Waals surface area contributed by atoms with Gasteiger partial charge in [0.1, 0.15) is 24.0 Å². The number of benzene rings is 1. The maximum atomic E-state index is 16.0. The molecule has 1 aliphatic heterocycles. The maximum absolute atomic E-state index is 16.0. The quantitative estimate of drug-likeness (QED) is 0.178. The molecule has 0 amide bonds. The van der Waals surface area contributed by atoms with Gasteiger partial charge >= 0.3 is 13.7 Å². The minimum Gasteiger partial charge on any atom is -0.462 e. The molecule has 1 aliphatic rings. The number of esters is 1. The summed E-state index contributed by atoms with van der Waals surface area (Å²) in [7, 11) is -0.978. The molecule has 3 aromatic rings. The second-order valence-electron chi connectivity index (χ2n) is 9.88. The highest BCUT2D eigenvalue weighted by atomic mass is 31.2. The number of nitrogens with one attached hydrogen (secondary N) is 3. The molecule has 1 aromatic carbocycles. The minimum atomic E-state index is -4.28. The second kappa shape index (κ2) is 12.2. The molecule has 41 heavy (non-hydrogen) atoms. The number of carbonyl (C=O) groups excluding carboxylic acids is 1. The zero-order valence-electron chi connectivity index (χ0n) is 23.6. The van der Waals surface area contributed by atoms with Crippen LogP contribution in [0, 0.1) is 0 Å². The Hall–Kier alpha value is -3.36. The molecule has 2 aromatic heterocycles. The van der Waals surface area contributed by atoms with Crippen molar-refractivity contribution in [3.8, 4) is 5.75 Å². The number of aliphatic hydroxyl groups excluding tert-OH is 1. The predicted octanol–water partition coefficient (Wildman–Crippen LogP) is 3.03. The van der Waals surface area contributed by atoms with Gasteiger partial charge < -0.3 is 29.7 Å². The monoisotopic (exact) mass is 595 g/mol. The van der Waals surface area contributed by atoms with E-state index in [1.807, 2.05) is 0 Å². The van der Waals surface area contributed by atoms with E-state index in [1.165, 1.54) is 24.7 Å². The van der Waals surface area contributed by atoms with Crippen molar-refractivity contribution < 1.29 is 37.4 Å². The highest BCUT2D eigenvalue weighted by molar-refractivity contribution is 7.52. The summed E-state index contributed by atoms with van der Waals surface area (Å²) in [5.74, 6) is 0.189. The number of alkyl halides is 1. The minimum absolute atomic E-state index is 0.194. The molecule has 0 saturated carbocycles. The van der Waals surface area contributed by atoms with Crippen LogP contribution in [0.2, 0.25) is 0 Å². The molecule has 1 fully saturated rings. The third-order valence-electron chi connectivity index (χ3n) is 6.29. The van der Waals surface area contributed by atoms with E-state index >= 15 is 4.39 Å². The molecule has 4 N–H and O–H groups in total. The first-order chi connectivity index (χ1) is 19.4. The topological polar surface area (TPSA) is 171 Å². The first-order valence-electron chi connectivity index (χ1n) is 13.0. The van der Waals surface area contributed by atoms with E-state index in [-0.39, 0.29) is 17.3 Å². The lowest BCUT2D eigenvalue weighted by molar-refractivity contribution is -0.149. The van der Waals surface area contributed by atoms with Gasteiger partial charge in [-0.25, -0.2) is 13.9 Å². The maximum Gasteiger partial charge on any atom is 0.459 e. The van der Waals surface area contributed by atoms with Crippen molar-refractivity contribution in [2.75, 3.05) is 31.3 Å². The fourth-order valence-corrected chi connectivity index (χ4v) is 5.73. The van der Waals surface area contributed by atoms with Gasteiger partial charge in [-0.05, 0) is 39.8 Å². The zero-order valence-corrected chi connectivity index (χ0v) is 24.5. The Bertz CT molecular complexity index is 1410. The van der Waals surface area contributed by atoms with Gasteiger partial charge in [0.05, 0.1) is 19.0 Å². The van der Waals surface area contributed by atoms with Crippen LogP contribution >= 0.6 is 7.75 Å². The third-order valence-corrected chi connectivity index (χ3v) is 7.93. The Morgan fingerprint density at radius 3 is 2.56 bits per heavy atom. The van der Waals surface area contributed by atoms with Gasteiger partial charge in [0.2, 0.25) is 5.95 Å². The van der Waals surface area contributed by atoms with Gasteiger partial charge in [0, 0.05) is 14.1 Å². The molecule has 14 nitrogen and oxygen atoms in total. The summed E-state index contributed by atoms with van der Waals surface area (Å²) in [5.41, 5.74) is -1.71. The number of para-hydroxylation sites is 1. The lowest BCUT2D eigenvalue weighted by Gasteiger charge is -2.25. The van der Waals surface area contributed by atoms with Crippen molar-refractivity contribution in [2.45, 2.75) is 63.9 Å². The van der Waals surface area contributed by atoms with Crippen LogP contribution in [0.25, 0.3) is 11.2 Å². The SMILES string of the molecule is CNc1nc(NC)c2ncn([C@@H]3OC(COP(=O)(N[C@@H](C)C(=O)OC(C)C)Oc4ccccc4)[C@@H](O)[C@@]3(C)F)c2n1. The summed E-state index contributed by atoms with van der Waals surface area (Å²) in [6.45, 7) is 5.43. The van der Waals surface area contributed by atoms with E-state index in [4.69, 9.17) is 18.5 Å². The van der Waals surface area contributed by atoms with Crippen LogP contribution in [0.15, 0.2) is 36.7 Å². The second-order valence-corrected chi connectivity index (χ2v) is 11.6. The number of hydrogen-bond acceptors (Lipinski definition) is 12. The Kier molecular flexibility index (Phi) is 9.14. The molecule has 6 atom stereocenters. The van der Waals surface area contributed by atoms with E-state index in [2.05, 4.69) is 30.7 Å². The Morgan fingerprint density at radius 1 is 1.22 bits per heavy atom. The third kappa shape index (κ3) is 6.60. The van der Waals surface area contributed by atoms with Gasteiger partial charge in [0.15, 0.2) is 28.9 Å². The Balaban J connectivity index is 1.57. The summed E-state index contributed by atoms with van der Waals surface area (Å²) >= 11 is 0. The number of rotatable bonds is 12. The number of carbonyl (C=O) groups is 1. The van der Waals surface area contributed by atoms with Crippen molar-refractivity contribution >= 4 is 36.6 Å². The zero-order chi connectivity index (χ0) is 29.9. The summed E-state index contributed by atoms with van der Waals surface area (Å²) in [4.78, 5) is 25.4. The molecule has 0 spiro atoms. The molecule has 3 heterocycles. The summed E-state index contributed by atoms with van der Waals surface area (Å²) < 4.78 is 53.5. The first kappa shape index (κ1) is 30.6. The number of halogens is 1. The van der Waals surface area contributed by atoms with E-state index in [0.717, 1.165) is 0 Å². The number of fused-ring (bicyclic) bond motifs is 1. The van der Waals surface area contributed by atoms with Crippen molar-refractivity contribution in [1.29, 1.82) is 0 Å². The van der Waals surface area contributed by atoms with Crippen LogP contribution in [-0.2, 0) is 23.4 Å². The number of nitrogens with zero attached hydrogens (tertiary/aromatic N) is 4. The van der Waals surface area contributed by atoms with Gasteiger partial charge in [-0.3, -0.25) is 13.9 Å². The fourth-order valence-electron chi connectivity index (χ4n) is 4.23. The van der Waals surface area contributed by atoms with Crippen LogP contribution in [-0.4, -0.2) is 81.3 Å². The van der Waals surface area contributed by atoms with Gasteiger partial charge in [-0.15, -0.1) is 0 Å². The van der Waals surface area contributed by atoms with Crippen molar-refractivity contribution in [3.63, 3.8) is 0 Å². The molecule has 224 valence electrons. The number of hydrogen-bond donors (Lipinski definition) is 4. The molecule has 0 aliphatic carbocycles. The van der Waals surface area contributed by atoms with Gasteiger partial charge in [-0.2, -0.15) is 15.1 Å². The van der Waals surface area contributed by atoms with Crippen LogP contribution in [0.1, 0.15) is 33.9 Å². The average Bonchev–Trinajstić information content (AvgIpc) is 3.44. The van der Waals surface area contributed by atoms with E-state index in [1.54, 1.807) is 58.3 Å². The number of aliphatic hydroxyl groups is 1. The molecule has 0 radical (unpaired) electrons. The number of imidazole rings is 1. The predicted molar refractivity (Wildman–Crippen MR) is 148 cm³/mol. The molecular weight excluding hydrogens is 560 g/mol. The van der Waals surface area contributed by atoms with Crippen LogP contribution < -0.4 is 20.2 Å². The van der Waals surface area contributed by atoms with Crippen molar-refractivity contribution in [1.82, 2.24) is 24.6 Å². The average molecular weight is 596 g/mol. The highest BCUT2D eigenvalue weighted by Gasteiger charge is 2.56. The lowest BCUT2D eigenvalue weighted by atomic mass is 9.98. The molecule has 16 heteroatoms. The number of anilines is 2. The standard InChI is InChI=1S/C25H35FN7O7P/c1-14(2)38-22(35)15(3)32-41(36,40-16-10-8-7-9-11-16)37-12-17-19(34)25(4,26)23(39-17)33-13-29-18-20(27-5)30-24(28-6)31-21(18)33/h7-11,13-15,17,19,23,34H,12H2,1-6H3,(H,32,36)(H2,27,28,30,31)/t15-,17?,19+,23+,25+,41?/m0/s1. The molecule has 1 saturated heterocycles. The summed E-state index contributed by atoms with van der Waals surface area (Å²) in [6, 6.07) is 7.09. The molecule has 0 bridgehead atoms. The fraction of sp³-hybridized carbons (Fsp3) is 0.520. The van der Waals surface area contributed by atoms with E-state index in [9.17, 15) is 14.5 Å². The highest BCUT2D eigenvalue weighted by Crippen LogP contribution is 2.48. The van der Waals surface area contributed by atoms with Crippen LogP contribution in [0.3, 0.4) is 0 Å². The van der Waals surface area contributed by atoms with Gasteiger partial charge in [0.25, 0.3) is 0 Å². The summed E-state index contributed by atoms with van der Waals surface area (Å²) in [5, 5.41) is 19.2. The number of ether oxygens (including phenoxy) is 2.